The van der Waals surface area contributed by atoms with Crippen molar-refractivity contribution in [2.75, 3.05) is 25.5 Å². The highest BCUT2D eigenvalue weighted by atomic mass is 19.1. The molecule has 0 aliphatic rings. The summed E-state index contributed by atoms with van der Waals surface area (Å²) in [6.45, 7) is 2.06. The van der Waals surface area contributed by atoms with Crippen LogP contribution in [0.3, 0.4) is 0 Å². The summed E-state index contributed by atoms with van der Waals surface area (Å²) in [5, 5.41) is 3.62. The molecule has 0 atom stereocenters. The number of carbonyl (C=O) groups is 2. The topological polar surface area (TPSA) is 101 Å². The molecule has 0 unspecified atom stereocenters. The standard InChI is InChI=1S/C35H32F2N4O3/c1-2-16-41(17-15-36)35(43)26-7-5-24(6-8-26)27-18-28-19-30(22-40-33(42)14-4-23-3-13-32(38)39-21-23)44-34(28)31(20-27)25-9-11-29(37)12-10-25/h3-14,18-21H,2,15-17,22H2,1H3,(H2,38,39)(H,40,42)/b14-4+. The Balaban J connectivity index is 1.42. The minimum Gasteiger partial charge on any atom is -0.459 e. The summed E-state index contributed by atoms with van der Waals surface area (Å²) in [6, 6.07) is 22.5. The molecule has 3 N–H and O–H groups in total. The van der Waals surface area contributed by atoms with E-state index in [0.717, 1.165) is 39.6 Å². The lowest BCUT2D eigenvalue weighted by Crippen LogP contribution is -2.33. The molecular weight excluding hydrogens is 562 g/mol. The van der Waals surface area contributed by atoms with Gasteiger partial charge < -0.3 is 20.4 Å². The number of nitrogen functional groups attached to an aromatic ring is 1. The number of alkyl halides is 1. The van der Waals surface area contributed by atoms with E-state index in [1.807, 2.05) is 37.3 Å². The van der Waals surface area contributed by atoms with Gasteiger partial charge in [0.15, 0.2) is 0 Å². The molecule has 0 aliphatic carbocycles. The zero-order chi connectivity index (χ0) is 31.1. The molecule has 5 aromatic rings. The number of amides is 2. The van der Waals surface area contributed by atoms with Crippen molar-refractivity contribution in [3.05, 3.63) is 114 Å². The first-order chi connectivity index (χ1) is 21.3. The van der Waals surface area contributed by atoms with Gasteiger partial charge in [0.05, 0.1) is 6.54 Å². The Hall–Kier alpha value is -5.31. The van der Waals surface area contributed by atoms with Crippen LogP contribution in [0.4, 0.5) is 14.6 Å². The lowest BCUT2D eigenvalue weighted by Gasteiger charge is -2.20. The molecule has 0 radical (unpaired) electrons. The van der Waals surface area contributed by atoms with Gasteiger partial charge >= 0.3 is 0 Å². The number of aromatic nitrogens is 1. The lowest BCUT2D eigenvalue weighted by molar-refractivity contribution is -0.116. The fourth-order valence-electron chi connectivity index (χ4n) is 4.90. The van der Waals surface area contributed by atoms with Crippen molar-refractivity contribution in [1.29, 1.82) is 0 Å². The van der Waals surface area contributed by atoms with Crippen molar-refractivity contribution in [2.45, 2.75) is 19.9 Å². The minimum atomic E-state index is -0.593. The first kappa shape index (κ1) is 30.2. The molecule has 0 fully saturated rings. The van der Waals surface area contributed by atoms with Crippen LogP contribution in [0.25, 0.3) is 39.3 Å². The van der Waals surface area contributed by atoms with E-state index in [4.69, 9.17) is 10.2 Å². The number of pyridine rings is 1. The molecule has 7 nitrogen and oxygen atoms in total. The third-order valence-electron chi connectivity index (χ3n) is 7.10. The van der Waals surface area contributed by atoms with E-state index in [1.165, 1.54) is 23.1 Å². The van der Waals surface area contributed by atoms with Crippen molar-refractivity contribution in [3.63, 3.8) is 0 Å². The summed E-state index contributed by atoms with van der Waals surface area (Å²) < 4.78 is 32.9. The number of anilines is 1. The maximum absolute atomic E-state index is 13.8. The largest absolute Gasteiger partial charge is 0.459 e. The first-order valence-electron chi connectivity index (χ1n) is 14.3. The van der Waals surface area contributed by atoms with Crippen LogP contribution in [0.15, 0.2) is 95.6 Å². The van der Waals surface area contributed by atoms with Gasteiger partial charge in [0.25, 0.3) is 5.91 Å². The lowest BCUT2D eigenvalue weighted by atomic mass is 9.96. The second kappa shape index (κ2) is 13.8. The van der Waals surface area contributed by atoms with E-state index in [-0.39, 0.29) is 30.7 Å². The van der Waals surface area contributed by atoms with Crippen LogP contribution in [-0.2, 0) is 11.3 Å². The SMILES string of the molecule is CCCN(CCF)C(=O)c1ccc(-c2cc(-c3ccc(F)cc3)c3oc(CNC(=O)/C=C/c4ccc(N)nc4)cc3c2)cc1. The summed E-state index contributed by atoms with van der Waals surface area (Å²) in [4.78, 5) is 30.9. The molecule has 0 saturated heterocycles. The van der Waals surface area contributed by atoms with Crippen molar-refractivity contribution >= 4 is 34.7 Å². The van der Waals surface area contributed by atoms with Gasteiger partial charge in [-0.05, 0) is 89.3 Å². The summed E-state index contributed by atoms with van der Waals surface area (Å²) in [5.41, 5.74) is 10.7. The molecule has 2 amide bonds. The quantitative estimate of drug-likeness (QED) is 0.160. The highest BCUT2D eigenvalue weighted by molar-refractivity contribution is 5.98. The van der Waals surface area contributed by atoms with E-state index in [2.05, 4.69) is 10.3 Å². The van der Waals surface area contributed by atoms with E-state index in [0.29, 0.717) is 29.3 Å². The van der Waals surface area contributed by atoms with Crippen LogP contribution in [0.5, 0.6) is 0 Å². The number of hydrogen-bond donors (Lipinski definition) is 2. The zero-order valence-corrected chi connectivity index (χ0v) is 24.2. The average molecular weight is 595 g/mol. The minimum absolute atomic E-state index is 0.0613. The molecular formula is C35H32F2N4O3. The van der Waals surface area contributed by atoms with Gasteiger partial charge in [-0.25, -0.2) is 13.8 Å². The Kier molecular flexibility index (Phi) is 9.44. The number of nitrogens with zero attached hydrogens (tertiary/aromatic N) is 2. The average Bonchev–Trinajstić information content (AvgIpc) is 3.46. The van der Waals surface area contributed by atoms with Crippen LogP contribution in [0, 0.1) is 5.82 Å². The first-order valence-corrected chi connectivity index (χ1v) is 14.3. The molecule has 0 spiro atoms. The van der Waals surface area contributed by atoms with E-state index in [9.17, 15) is 18.4 Å². The molecule has 9 heteroatoms. The highest BCUT2D eigenvalue weighted by Gasteiger charge is 2.17. The van der Waals surface area contributed by atoms with Gasteiger partial charge in [-0.1, -0.05) is 31.2 Å². The Bertz CT molecular complexity index is 1770. The Morgan fingerprint density at radius 2 is 1.70 bits per heavy atom. The number of fused-ring (bicyclic) bond motifs is 1. The number of benzene rings is 3. The summed E-state index contributed by atoms with van der Waals surface area (Å²) in [7, 11) is 0. The second-order valence-electron chi connectivity index (χ2n) is 10.3. The highest BCUT2D eigenvalue weighted by Crippen LogP contribution is 2.36. The van der Waals surface area contributed by atoms with Gasteiger partial charge in [-0.3, -0.25) is 9.59 Å². The number of nitrogens with two attached hydrogens (primary N) is 1. The molecule has 3 aromatic carbocycles. The van der Waals surface area contributed by atoms with Gasteiger partial charge in [0.2, 0.25) is 5.91 Å². The van der Waals surface area contributed by atoms with Crippen LogP contribution in [0.1, 0.15) is 35.0 Å². The van der Waals surface area contributed by atoms with Gasteiger partial charge in [-0.2, -0.15) is 0 Å². The summed E-state index contributed by atoms with van der Waals surface area (Å²) in [5.74, 6) is 0.0780. The number of furan rings is 1. The zero-order valence-electron chi connectivity index (χ0n) is 24.2. The van der Waals surface area contributed by atoms with Crippen LogP contribution < -0.4 is 11.1 Å². The fourth-order valence-corrected chi connectivity index (χ4v) is 4.90. The Morgan fingerprint density at radius 1 is 0.955 bits per heavy atom. The molecule has 44 heavy (non-hydrogen) atoms. The van der Waals surface area contributed by atoms with Crippen LogP contribution in [0.2, 0.25) is 0 Å². The summed E-state index contributed by atoms with van der Waals surface area (Å²) in [6.07, 6.45) is 5.36. The molecule has 2 heterocycles. The fraction of sp³-hybridized carbons (Fsp3) is 0.171. The molecule has 0 bridgehead atoms. The molecule has 0 aliphatic heterocycles. The van der Waals surface area contributed by atoms with Crippen molar-refractivity contribution < 1.29 is 22.8 Å². The number of rotatable bonds is 11. The van der Waals surface area contributed by atoms with Crippen molar-refractivity contribution in [2.24, 2.45) is 0 Å². The maximum Gasteiger partial charge on any atom is 0.253 e. The van der Waals surface area contributed by atoms with Gasteiger partial charge in [0, 0.05) is 41.9 Å². The smallest absolute Gasteiger partial charge is 0.253 e. The van der Waals surface area contributed by atoms with E-state index < -0.39 is 6.67 Å². The summed E-state index contributed by atoms with van der Waals surface area (Å²) >= 11 is 0. The predicted octanol–water partition coefficient (Wildman–Crippen LogP) is 7.03. The number of carbonyl (C=O) groups excluding carboxylic acids is 2. The Labute approximate surface area is 254 Å². The third-order valence-corrected chi connectivity index (χ3v) is 7.10. The number of nitrogens with one attached hydrogen (secondary N) is 1. The van der Waals surface area contributed by atoms with E-state index >= 15 is 0 Å². The predicted molar refractivity (Wildman–Crippen MR) is 169 cm³/mol. The molecule has 0 saturated carbocycles. The van der Waals surface area contributed by atoms with Crippen LogP contribution in [-0.4, -0.2) is 41.5 Å². The number of halogens is 2. The monoisotopic (exact) mass is 594 g/mol. The van der Waals surface area contributed by atoms with Crippen molar-refractivity contribution in [3.8, 4) is 22.3 Å². The third kappa shape index (κ3) is 7.18. The van der Waals surface area contributed by atoms with E-state index in [1.54, 1.807) is 48.7 Å². The normalized spacial score (nSPS) is 11.2. The maximum atomic E-state index is 13.8. The molecule has 2 aromatic heterocycles. The van der Waals surface area contributed by atoms with Gasteiger partial charge in [0.1, 0.15) is 29.7 Å². The molecule has 224 valence electrons. The van der Waals surface area contributed by atoms with Gasteiger partial charge in [-0.15, -0.1) is 0 Å². The van der Waals surface area contributed by atoms with Crippen molar-refractivity contribution in [1.82, 2.24) is 15.2 Å². The molecule has 5 rings (SSSR count). The second-order valence-corrected chi connectivity index (χ2v) is 10.3. The number of hydrogen-bond acceptors (Lipinski definition) is 5. The van der Waals surface area contributed by atoms with Crippen LogP contribution >= 0.6 is 0 Å². The Morgan fingerprint density at radius 3 is 2.39 bits per heavy atom.